The van der Waals surface area contributed by atoms with E-state index in [4.69, 9.17) is 14.7 Å². The number of methoxy groups -OCH3 is 1. The molecule has 28 heavy (non-hydrogen) atoms. The average Bonchev–Trinajstić information content (AvgIpc) is 2.69. The summed E-state index contributed by atoms with van der Waals surface area (Å²) in [4.78, 5) is 19.3. The van der Waals surface area contributed by atoms with Crippen molar-refractivity contribution in [1.82, 2.24) is 9.97 Å². The number of esters is 1. The number of rotatable bonds is 8. The van der Waals surface area contributed by atoms with E-state index in [9.17, 15) is 13.2 Å². The van der Waals surface area contributed by atoms with Crippen LogP contribution in [0.25, 0.3) is 0 Å². The second-order valence-corrected chi connectivity index (χ2v) is 6.76. The van der Waals surface area contributed by atoms with Gasteiger partial charge in [0.15, 0.2) is 5.57 Å². The summed E-state index contributed by atoms with van der Waals surface area (Å²) in [5.74, 6) is -0.750. The second-order valence-electron chi connectivity index (χ2n) is 5.08. The maximum absolute atomic E-state index is 12.5. The summed E-state index contributed by atoms with van der Waals surface area (Å²) in [6.45, 7) is 1.78. The molecule has 2 rings (SSSR count). The van der Waals surface area contributed by atoms with E-state index in [2.05, 4.69) is 20.0 Å². The number of ether oxygens (including phenoxy) is 2. The molecule has 2 aromatic rings. The zero-order chi connectivity index (χ0) is 20.6. The zero-order valence-electron chi connectivity index (χ0n) is 15.0. The summed E-state index contributed by atoms with van der Waals surface area (Å²) in [7, 11) is -2.57. The fourth-order valence-electron chi connectivity index (χ4n) is 1.96. The lowest BCUT2D eigenvalue weighted by Crippen LogP contribution is -2.15. The summed E-state index contributed by atoms with van der Waals surface area (Å²) in [5.41, 5.74) is 0.253. The SMILES string of the molecule is CCOC(=O)/C(C#N)=C\Nc1ccc(S(=O)(=O)Nc2nccnc2OC)cc1. The zero-order valence-corrected chi connectivity index (χ0v) is 15.9. The smallest absolute Gasteiger partial charge is 0.350 e. The standard InChI is InChI=1S/C17H17N5O5S/c1-3-27-17(23)12(10-18)11-21-13-4-6-14(7-5-13)28(24,25)22-15-16(26-2)20-9-8-19-15/h4-9,11,21H,3H2,1-2H3,(H,19,22)/b12-11-. The van der Waals surface area contributed by atoms with Crippen LogP contribution in [0.3, 0.4) is 0 Å². The molecule has 2 N–H and O–H groups in total. The molecule has 0 atom stereocenters. The minimum atomic E-state index is -3.92. The second kappa shape index (κ2) is 9.33. The average molecular weight is 403 g/mol. The third-order valence-corrected chi connectivity index (χ3v) is 4.61. The molecule has 0 radical (unpaired) electrons. The predicted octanol–water partition coefficient (Wildman–Crippen LogP) is 1.67. The Labute approximate surface area is 161 Å². The summed E-state index contributed by atoms with van der Waals surface area (Å²) in [6, 6.07) is 7.36. The molecule has 0 saturated heterocycles. The first kappa shape index (κ1) is 20.7. The highest BCUT2D eigenvalue weighted by molar-refractivity contribution is 7.92. The topological polar surface area (TPSA) is 143 Å². The number of carbonyl (C=O) groups excluding carboxylic acids is 1. The van der Waals surface area contributed by atoms with Gasteiger partial charge in [0.1, 0.15) is 6.07 Å². The summed E-state index contributed by atoms with van der Waals surface area (Å²) < 4.78 is 37.0. The Kier molecular flexibility index (Phi) is 6.89. The van der Waals surface area contributed by atoms with Crippen molar-refractivity contribution in [3.8, 4) is 11.9 Å². The molecule has 1 heterocycles. The number of nitrogens with zero attached hydrogens (tertiary/aromatic N) is 3. The number of sulfonamides is 1. The Hall–Kier alpha value is -3.65. The van der Waals surface area contributed by atoms with Gasteiger partial charge in [-0.25, -0.2) is 23.2 Å². The highest BCUT2D eigenvalue weighted by Crippen LogP contribution is 2.22. The highest BCUT2D eigenvalue weighted by Gasteiger charge is 2.18. The lowest BCUT2D eigenvalue weighted by molar-refractivity contribution is -0.138. The number of nitrogens with one attached hydrogen (secondary N) is 2. The first-order valence-corrected chi connectivity index (χ1v) is 9.41. The molecule has 11 heteroatoms. The molecular formula is C17H17N5O5S. The third kappa shape index (κ3) is 5.18. The maximum atomic E-state index is 12.5. The van der Waals surface area contributed by atoms with Crippen LogP contribution >= 0.6 is 0 Å². The molecule has 0 saturated carbocycles. The van der Waals surface area contributed by atoms with Crippen LogP contribution in [0.2, 0.25) is 0 Å². The quantitative estimate of drug-likeness (QED) is 0.382. The molecule has 0 aliphatic heterocycles. The van der Waals surface area contributed by atoms with Crippen molar-refractivity contribution in [3.05, 3.63) is 48.4 Å². The maximum Gasteiger partial charge on any atom is 0.350 e. The van der Waals surface area contributed by atoms with Gasteiger partial charge >= 0.3 is 5.97 Å². The van der Waals surface area contributed by atoms with Crippen LogP contribution in [0, 0.1) is 11.3 Å². The predicted molar refractivity (Wildman–Crippen MR) is 99.8 cm³/mol. The molecule has 0 bridgehead atoms. The fourth-order valence-corrected chi connectivity index (χ4v) is 2.97. The van der Waals surface area contributed by atoms with Crippen molar-refractivity contribution in [1.29, 1.82) is 5.26 Å². The molecule has 0 fully saturated rings. The molecule has 1 aromatic heterocycles. The van der Waals surface area contributed by atoms with Gasteiger partial charge < -0.3 is 14.8 Å². The molecular weight excluding hydrogens is 386 g/mol. The number of aromatic nitrogens is 2. The lowest BCUT2D eigenvalue weighted by Gasteiger charge is -2.10. The summed E-state index contributed by atoms with van der Waals surface area (Å²) >= 11 is 0. The van der Waals surface area contributed by atoms with Gasteiger partial charge in [0.25, 0.3) is 15.9 Å². The Morgan fingerprint density at radius 3 is 2.54 bits per heavy atom. The van der Waals surface area contributed by atoms with Crippen LogP contribution in [0.15, 0.2) is 53.3 Å². The third-order valence-electron chi connectivity index (χ3n) is 3.25. The van der Waals surface area contributed by atoms with Crippen LogP contribution in [0.5, 0.6) is 5.88 Å². The van der Waals surface area contributed by atoms with Crippen molar-refractivity contribution in [2.75, 3.05) is 23.8 Å². The monoisotopic (exact) mass is 403 g/mol. The van der Waals surface area contributed by atoms with Gasteiger partial charge in [0.05, 0.1) is 18.6 Å². The number of anilines is 2. The normalized spacial score (nSPS) is 11.2. The van der Waals surface area contributed by atoms with Gasteiger partial charge in [-0.15, -0.1) is 0 Å². The Morgan fingerprint density at radius 1 is 1.25 bits per heavy atom. The number of benzene rings is 1. The van der Waals surface area contributed by atoms with Gasteiger partial charge in [-0.1, -0.05) is 0 Å². The molecule has 0 amide bonds. The Bertz CT molecular complexity index is 1010. The van der Waals surface area contributed by atoms with E-state index in [0.717, 1.165) is 0 Å². The number of hydrogen-bond donors (Lipinski definition) is 2. The molecule has 0 aliphatic carbocycles. The van der Waals surface area contributed by atoms with Crippen molar-refractivity contribution < 1.29 is 22.7 Å². The first-order chi connectivity index (χ1) is 13.4. The van der Waals surface area contributed by atoms with Crippen LogP contribution in [-0.2, 0) is 19.6 Å². The van der Waals surface area contributed by atoms with Crippen LogP contribution in [0.4, 0.5) is 11.5 Å². The Morgan fingerprint density at radius 2 is 1.93 bits per heavy atom. The van der Waals surface area contributed by atoms with E-state index < -0.39 is 16.0 Å². The van der Waals surface area contributed by atoms with E-state index in [1.807, 2.05) is 0 Å². The van der Waals surface area contributed by atoms with E-state index in [1.165, 1.54) is 50.0 Å². The number of carbonyl (C=O) groups is 1. The minimum Gasteiger partial charge on any atom is -0.478 e. The van der Waals surface area contributed by atoms with E-state index >= 15 is 0 Å². The van der Waals surface area contributed by atoms with Crippen molar-refractivity contribution in [3.63, 3.8) is 0 Å². The van der Waals surface area contributed by atoms with Crippen molar-refractivity contribution in [2.45, 2.75) is 11.8 Å². The fraction of sp³-hybridized carbons (Fsp3) is 0.176. The largest absolute Gasteiger partial charge is 0.478 e. The summed E-state index contributed by atoms with van der Waals surface area (Å²) in [6.07, 6.45) is 3.89. The van der Waals surface area contributed by atoms with Crippen molar-refractivity contribution in [2.24, 2.45) is 0 Å². The number of hydrogen-bond acceptors (Lipinski definition) is 9. The minimum absolute atomic E-state index is 0.0272. The van der Waals surface area contributed by atoms with Crippen LogP contribution in [-0.4, -0.2) is 38.1 Å². The lowest BCUT2D eigenvalue weighted by atomic mass is 10.3. The highest BCUT2D eigenvalue weighted by atomic mass is 32.2. The Balaban J connectivity index is 2.15. The molecule has 0 unspecified atom stereocenters. The van der Waals surface area contributed by atoms with Gasteiger partial charge in [-0.2, -0.15) is 5.26 Å². The van der Waals surface area contributed by atoms with Crippen molar-refractivity contribution >= 4 is 27.5 Å². The number of nitriles is 1. The molecule has 0 aliphatic rings. The van der Waals surface area contributed by atoms with E-state index in [1.54, 1.807) is 13.0 Å². The first-order valence-electron chi connectivity index (χ1n) is 7.93. The van der Waals surface area contributed by atoms with Gasteiger partial charge in [-0.05, 0) is 31.2 Å². The molecule has 146 valence electrons. The van der Waals surface area contributed by atoms with Crippen LogP contribution in [0.1, 0.15) is 6.92 Å². The van der Waals surface area contributed by atoms with Crippen LogP contribution < -0.4 is 14.8 Å². The molecule has 10 nitrogen and oxygen atoms in total. The molecule has 0 spiro atoms. The van der Waals surface area contributed by atoms with Gasteiger partial charge in [-0.3, -0.25) is 4.72 Å². The molecule has 1 aromatic carbocycles. The summed E-state index contributed by atoms with van der Waals surface area (Å²) in [5, 5.41) is 11.7. The van der Waals surface area contributed by atoms with Gasteiger partial charge in [0, 0.05) is 24.3 Å². The van der Waals surface area contributed by atoms with E-state index in [-0.39, 0.29) is 28.8 Å². The van der Waals surface area contributed by atoms with Gasteiger partial charge in [0.2, 0.25) is 5.82 Å². The van der Waals surface area contributed by atoms with E-state index in [0.29, 0.717) is 5.69 Å².